The van der Waals surface area contributed by atoms with E-state index in [-0.39, 0.29) is 12.5 Å². The number of halogens is 1. The molecule has 0 radical (unpaired) electrons. The van der Waals surface area contributed by atoms with E-state index in [1.807, 2.05) is 6.92 Å². The van der Waals surface area contributed by atoms with E-state index in [0.29, 0.717) is 34.8 Å². The monoisotopic (exact) mass is 523 g/mol. The SMILES string of the molecule is CCOc1ccc(C(=O)NCC(=O)NN=Cc2ccc(OC(=O)c3ccc(Br)cc3)cc2)cc1. The molecule has 0 fully saturated rings. The van der Waals surface area contributed by atoms with Gasteiger partial charge in [0, 0.05) is 10.0 Å². The lowest BCUT2D eigenvalue weighted by Crippen LogP contribution is -2.34. The number of carbonyl (C=O) groups is 3. The van der Waals surface area contributed by atoms with Gasteiger partial charge in [0.25, 0.3) is 11.8 Å². The minimum Gasteiger partial charge on any atom is -0.494 e. The fourth-order valence-electron chi connectivity index (χ4n) is 2.72. The van der Waals surface area contributed by atoms with Crippen LogP contribution in [-0.2, 0) is 4.79 Å². The van der Waals surface area contributed by atoms with Crippen molar-refractivity contribution >= 4 is 39.9 Å². The fourth-order valence-corrected chi connectivity index (χ4v) is 2.99. The van der Waals surface area contributed by atoms with Crippen molar-refractivity contribution in [3.05, 3.63) is 94.0 Å². The Balaban J connectivity index is 1.42. The van der Waals surface area contributed by atoms with Crippen LogP contribution in [0.15, 0.2) is 82.4 Å². The Hall–Kier alpha value is -3.98. The van der Waals surface area contributed by atoms with Gasteiger partial charge in [-0.15, -0.1) is 0 Å². The minimum atomic E-state index is -0.476. The summed E-state index contributed by atoms with van der Waals surface area (Å²) in [4.78, 5) is 36.2. The number of amides is 2. The highest BCUT2D eigenvalue weighted by Gasteiger charge is 2.09. The van der Waals surface area contributed by atoms with Gasteiger partial charge >= 0.3 is 5.97 Å². The predicted molar refractivity (Wildman–Crippen MR) is 131 cm³/mol. The molecule has 174 valence electrons. The second-order valence-electron chi connectivity index (χ2n) is 6.90. The van der Waals surface area contributed by atoms with E-state index < -0.39 is 11.9 Å². The highest BCUT2D eigenvalue weighted by Crippen LogP contribution is 2.16. The molecule has 0 saturated carbocycles. The van der Waals surface area contributed by atoms with Crippen molar-refractivity contribution in [1.29, 1.82) is 0 Å². The average Bonchev–Trinajstić information content (AvgIpc) is 2.84. The van der Waals surface area contributed by atoms with Crippen molar-refractivity contribution in [2.75, 3.05) is 13.2 Å². The second-order valence-corrected chi connectivity index (χ2v) is 7.81. The molecule has 0 heterocycles. The van der Waals surface area contributed by atoms with Crippen LogP contribution in [0.3, 0.4) is 0 Å². The Kier molecular flexibility index (Phi) is 8.93. The number of nitrogens with one attached hydrogen (secondary N) is 2. The fraction of sp³-hybridized carbons (Fsp3) is 0.120. The maximum absolute atomic E-state index is 12.2. The number of hydrogen-bond acceptors (Lipinski definition) is 6. The number of ether oxygens (including phenoxy) is 2. The molecule has 2 amide bonds. The molecule has 0 spiro atoms. The van der Waals surface area contributed by atoms with E-state index >= 15 is 0 Å². The molecule has 3 aromatic rings. The van der Waals surface area contributed by atoms with Crippen molar-refractivity contribution < 1.29 is 23.9 Å². The van der Waals surface area contributed by atoms with Crippen molar-refractivity contribution in [1.82, 2.24) is 10.7 Å². The third-order valence-electron chi connectivity index (χ3n) is 4.41. The smallest absolute Gasteiger partial charge is 0.343 e. The zero-order chi connectivity index (χ0) is 24.3. The molecule has 8 nitrogen and oxygen atoms in total. The molecule has 2 N–H and O–H groups in total. The van der Waals surface area contributed by atoms with E-state index in [2.05, 4.69) is 31.8 Å². The Morgan fingerprint density at radius 3 is 2.15 bits per heavy atom. The summed E-state index contributed by atoms with van der Waals surface area (Å²) >= 11 is 3.32. The van der Waals surface area contributed by atoms with Crippen molar-refractivity contribution in [2.45, 2.75) is 6.92 Å². The lowest BCUT2D eigenvalue weighted by molar-refractivity contribution is -0.120. The van der Waals surface area contributed by atoms with Crippen LogP contribution in [0.2, 0.25) is 0 Å². The van der Waals surface area contributed by atoms with Gasteiger partial charge in [0.15, 0.2) is 0 Å². The Morgan fingerprint density at radius 1 is 0.882 bits per heavy atom. The van der Waals surface area contributed by atoms with Gasteiger partial charge < -0.3 is 14.8 Å². The molecule has 0 aromatic heterocycles. The van der Waals surface area contributed by atoms with Crippen LogP contribution in [0.4, 0.5) is 0 Å². The van der Waals surface area contributed by atoms with Crippen LogP contribution >= 0.6 is 15.9 Å². The van der Waals surface area contributed by atoms with Gasteiger partial charge in [0.05, 0.1) is 24.9 Å². The predicted octanol–water partition coefficient (Wildman–Crippen LogP) is 3.95. The van der Waals surface area contributed by atoms with Gasteiger partial charge in [-0.2, -0.15) is 5.10 Å². The lowest BCUT2D eigenvalue weighted by atomic mass is 10.2. The molecule has 0 atom stereocenters. The topological polar surface area (TPSA) is 106 Å². The van der Waals surface area contributed by atoms with Crippen LogP contribution < -0.4 is 20.2 Å². The third kappa shape index (κ3) is 7.56. The Bertz CT molecular complexity index is 1160. The van der Waals surface area contributed by atoms with Gasteiger partial charge in [0.2, 0.25) is 0 Å². The number of benzene rings is 3. The van der Waals surface area contributed by atoms with E-state index in [1.165, 1.54) is 6.21 Å². The summed E-state index contributed by atoms with van der Waals surface area (Å²) in [7, 11) is 0. The average molecular weight is 524 g/mol. The number of esters is 1. The van der Waals surface area contributed by atoms with E-state index in [1.54, 1.807) is 72.8 Å². The maximum Gasteiger partial charge on any atom is 0.343 e. The van der Waals surface area contributed by atoms with E-state index in [0.717, 1.165) is 4.47 Å². The summed E-state index contributed by atoms with van der Waals surface area (Å²) in [6.45, 7) is 2.19. The Morgan fingerprint density at radius 2 is 1.50 bits per heavy atom. The molecule has 0 bridgehead atoms. The van der Waals surface area contributed by atoms with Crippen molar-refractivity contribution in [2.24, 2.45) is 5.10 Å². The normalized spacial score (nSPS) is 10.5. The van der Waals surface area contributed by atoms with Crippen LogP contribution in [0.5, 0.6) is 11.5 Å². The van der Waals surface area contributed by atoms with Gasteiger partial charge in [-0.05, 0) is 85.3 Å². The summed E-state index contributed by atoms with van der Waals surface area (Å²) in [6.07, 6.45) is 1.44. The Labute approximate surface area is 205 Å². The van der Waals surface area contributed by atoms with Crippen LogP contribution in [0, 0.1) is 0 Å². The van der Waals surface area contributed by atoms with Crippen LogP contribution in [0.1, 0.15) is 33.2 Å². The summed E-state index contributed by atoms with van der Waals surface area (Å²) in [5.74, 6) is -0.271. The first kappa shape index (κ1) is 24.7. The quantitative estimate of drug-likeness (QED) is 0.191. The number of nitrogens with zero attached hydrogens (tertiary/aromatic N) is 1. The lowest BCUT2D eigenvalue weighted by Gasteiger charge is -2.06. The number of hydrazone groups is 1. The molecular weight excluding hydrogens is 502 g/mol. The molecule has 0 aliphatic carbocycles. The summed E-state index contributed by atoms with van der Waals surface area (Å²) in [5, 5.41) is 6.39. The molecule has 0 aliphatic rings. The highest BCUT2D eigenvalue weighted by molar-refractivity contribution is 9.10. The first-order valence-electron chi connectivity index (χ1n) is 10.4. The zero-order valence-electron chi connectivity index (χ0n) is 18.3. The number of carbonyl (C=O) groups excluding carboxylic acids is 3. The van der Waals surface area contributed by atoms with Crippen molar-refractivity contribution in [3.8, 4) is 11.5 Å². The number of hydrogen-bond donors (Lipinski definition) is 2. The van der Waals surface area contributed by atoms with Gasteiger partial charge in [-0.3, -0.25) is 9.59 Å². The first-order chi connectivity index (χ1) is 16.4. The largest absolute Gasteiger partial charge is 0.494 e. The summed E-state index contributed by atoms with van der Waals surface area (Å²) in [5.41, 5.74) is 3.88. The molecule has 0 unspecified atom stereocenters. The molecule has 3 aromatic carbocycles. The molecule has 34 heavy (non-hydrogen) atoms. The second kappa shape index (κ2) is 12.3. The molecular formula is C25H22BrN3O5. The van der Waals surface area contributed by atoms with Gasteiger partial charge in [-0.1, -0.05) is 15.9 Å². The summed E-state index contributed by atoms with van der Waals surface area (Å²) in [6, 6.07) is 20.1. The first-order valence-corrected chi connectivity index (χ1v) is 11.1. The highest BCUT2D eigenvalue weighted by atomic mass is 79.9. The summed E-state index contributed by atoms with van der Waals surface area (Å²) < 4.78 is 11.5. The van der Waals surface area contributed by atoms with E-state index in [4.69, 9.17) is 9.47 Å². The maximum atomic E-state index is 12.2. The van der Waals surface area contributed by atoms with Gasteiger partial charge in [-0.25, -0.2) is 10.2 Å². The van der Waals surface area contributed by atoms with Crippen molar-refractivity contribution in [3.63, 3.8) is 0 Å². The third-order valence-corrected chi connectivity index (χ3v) is 4.94. The van der Waals surface area contributed by atoms with Crippen LogP contribution in [0.25, 0.3) is 0 Å². The van der Waals surface area contributed by atoms with Gasteiger partial charge in [0.1, 0.15) is 11.5 Å². The number of rotatable bonds is 9. The molecule has 3 rings (SSSR count). The van der Waals surface area contributed by atoms with Crippen LogP contribution in [-0.4, -0.2) is 37.1 Å². The standard InChI is InChI=1S/C25H22BrN3O5/c1-2-33-21-13-7-18(8-14-21)24(31)27-16-23(30)29-28-15-17-3-11-22(12-4-17)34-25(32)19-5-9-20(26)10-6-19/h3-15H,2,16H2,1H3,(H,27,31)(H,29,30). The molecule has 0 aliphatic heterocycles. The zero-order valence-corrected chi connectivity index (χ0v) is 19.9. The molecule has 9 heteroatoms. The van der Waals surface area contributed by atoms with E-state index in [9.17, 15) is 14.4 Å². The molecule has 0 saturated heterocycles. The minimum absolute atomic E-state index is 0.228.